The van der Waals surface area contributed by atoms with Crippen LogP contribution in [0, 0.1) is 0 Å². The van der Waals surface area contributed by atoms with E-state index in [0.29, 0.717) is 12.2 Å². The smallest absolute Gasteiger partial charge is 0.227 e. The van der Waals surface area contributed by atoms with Crippen molar-refractivity contribution < 1.29 is 23.7 Å². The molecular weight excluding hydrogens is 432 g/mol. The Kier molecular flexibility index (Phi) is 11.0. The van der Waals surface area contributed by atoms with Crippen molar-refractivity contribution >= 4 is 5.91 Å². The van der Waals surface area contributed by atoms with Gasteiger partial charge in [-0.15, -0.1) is 0 Å². The number of benzene rings is 2. The van der Waals surface area contributed by atoms with E-state index < -0.39 is 0 Å². The normalized spacial score (nSPS) is 13.5. The largest absolute Gasteiger partial charge is 0.493 e. The van der Waals surface area contributed by atoms with E-state index in [1.807, 2.05) is 31.1 Å². The SMILES string of the molecule is CCCN1CCc2cc(OC)c(OC)cc2CC1=O.CNC.COc1cc2c(cc1OC)CC2. The molecule has 0 unspecified atom stereocenters. The quantitative estimate of drug-likeness (QED) is 0.692. The summed E-state index contributed by atoms with van der Waals surface area (Å²) in [6.45, 7) is 3.72. The third-order valence-electron chi connectivity index (χ3n) is 5.91. The summed E-state index contributed by atoms with van der Waals surface area (Å²) >= 11 is 0. The molecule has 1 amide bonds. The Morgan fingerprint density at radius 2 is 1.12 bits per heavy atom. The summed E-state index contributed by atoms with van der Waals surface area (Å²) in [4.78, 5) is 14.1. The number of amides is 1. The van der Waals surface area contributed by atoms with Gasteiger partial charge in [0.25, 0.3) is 0 Å². The highest BCUT2D eigenvalue weighted by atomic mass is 16.5. The molecule has 2 aliphatic rings. The van der Waals surface area contributed by atoms with Crippen LogP contribution in [0.2, 0.25) is 0 Å². The Morgan fingerprint density at radius 1 is 0.735 bits per heavy atom. The van der Waals surface area contributed by atoms with E-state index in [0.717, 1.165) is 48.7 Å². The Bertz CT molecular complexity index is 914. The first-order valence-electron chi connectivity index (χ1n) is 11.8. The monoisotopic (exact) mass is 472 g/mol. The molecule has 1 N–H and O–H groups in total. The van der Waals surface area contributed by atoms with Crippen molar-refractivity contribution in [3.8, 4) is 23.0 Å². The zero-order chi connectivity index (χ0) is 25.1. The summed E-state index contributed by atoms with van der Waals surface area (Å²) in [7, 11) is 10.3. The fraction of sp³-hybridized carbons (Fsp3) is 0.519. The first-order chi connectivity index (χ1) is 16.5. The molecule has 0 fully saturated rings. The molecule has 2 aromatic rings. The van der Waals surface area contributed by atoms with Gasteiger partial charge in [-0.25, -0.2) is 0 Å². The molecule has 1 aliphatic heterocycles. The standard InChI is InChI=1S/C15H21NO3.C10H12O2.C2H7N/c1-4-6-16-7-5-11-8-13(18-2)14(19-3)9-12(11)10-15(16)17;1-11-9-5-7-3-4-8(7)6-10(9)12-2;1-3-2/h8-9H,4-7,10H2,1-3H3;5-6H,3-4H2,1-2H3;3H,1-2H3. The van der Waals surface area contributed by atoms with Crippen LogP contribution in [0.25, 0.3) is 0 Å². The van der Waals surface area contributed by atoms with Crippen LogP contribution in [0.3, 0.4) is 0 Å². The van der Waals surface area contributed by atoms with Crippen molar-refractivity contribution in [3.63, 3.8) is 0 Å². The van der Waals surface area contributed by atoms with E-state index in [-0.39, 0.29) is 5.91 Å². The number of aryl methyl sites for hydroxylation is 2. The Labute approximate surface area is 204 Å². The summed E-state index contributed by atoms with van der Waals surface area (Å²) in [5.41, 5.74) is 5.03. The zero-order valence-corrected chi connectivity index (χ0v) is 21.7. The van der Waals surface area contributed by atoms with Gasteiger partial charge in [-0.2, -0.15) is 0 Å². The number of rotatable bonds is 6. The lowest BCUT2D eigenvalue weighted by molar-refractivity contribution is -0.130. The molecule has 1 heterocycles. The van der Waals surface area contributed by atoms with Crippen LogP contribution in [-0.2, 0) is 30.5 Å². The molecule has 34 heavy (non-hydrogen) atoms. The fourth-order valence-electron chi connectivity index (χ4n) is 4.04. The summed E-state index contributed by atoms with van der Waals surface area (Å²) < 4.78 is 21.0. The zero-order valence-electron chi connectivity index (χ0n) is 21.7. The Balaban J connectivity index is 0.000000232. The lowest BCUT2D eigenvalue weighted by atomic mass is 9.88. The van der Waals surface area contributed by atoms with Gasteiger partial charge in [0.05, 0.1) is 34.9 Å². The van der Waals surface area contributed by atoms with Crippen LogP contribution in [-0.4, -0.2) is 66.4 Å². The predicted molar refractivity (Wildman–Crippen MR) is 136 cm³/mol. The molecule has 188 valence electrons. The van der Waals surface area contributed by atoms with Crippen molar-refractivity contribution in [3.05, 3.63) is 46.5 Å². The van der Waals surface area contributed by atoms with Gasteiger partial charge < -0.3 is 29.2 Å². The number of methoxy groups -OCH3 is 4. The lowest BCUT2D eigenvalue weighted by Gasteiger charge is -2.20. The van der Waals surface area contributed by atoms with Gasteiger partial charge in [0.2, 0.25) is 5.91 Å². The molecule has 2 aromatic carbocycles. The van der Waals surface area contributed by atoms with E-state index in [4.69, 9.17) is 18.9 Å². The number of fused-ring (bicyclic) bond motifs is 2. The molecule has 0 saturated carbocycles. The number of ether oxygens (including phenoxy) is 4. The third-order valence-corrected chi connectivity index (χ3v) is 5.91. The van der Waals surface area contributed by atoms with Crippen molar-refractivity contribution in [2.24, 2.45) is 0 Å². The molecule has 0 radical (unpaired) electrons. The van der Waals surface area contributed by atoms with Gasteiger partial charge in [0, 0.05) is 13.1 Å². The first kappa shape index (κ1) is 27.3. The van der Waals surface area contributed by atoms with Crippen LogP contribution in [0.4, 0.5) is 0 Å². The molecule has 0 bridgehead atoms. The van der Waals surface area contributed by atoms with Crippen LogP contribution in [0.5, 0.6) is 23.0 Å². The predicted octanol–water partition coefficient (Wildman–Crippen LogP) is 3.68. The van der Waals surface area contributed by atoms with Gasteiger partial charge in [-0.3, -0.25) is 4.79 Å². The molecule has 4 rings (SSSR count). The number of hydrogen-bond acceptors (Lipinski definition) is 6. The van der Waals surface area contributed by atoms with Crippen LogP contribution in [0.15, 0.2) is 24.3 Å². The van der Waals surface area contributed by atoms with Crippen LogP contribution >= 0.6 is 0 Å². The molecule has 0 spiro atoms. The van der Waals surface area contributed by atoms with E-state index in [1.54, 1.807) is 28.4 Å². The molecule has 0 atom stereocenters. The van der Waals surface area contributed by atoms with Crippen molar-refractivity contribution in [2.45, 2.75) is 39.0 Å². The minimum atomic E-state index is 0.202. The van der Waals surface area contributed by atoms with Gasteiger partial charge in [0.1, 0.15) is 0 Å². The lowest BCUT2D eigenvalue weighted by Crippen LogP contribution is -2.32. The number of nitrogens with zero attached hydrogens (tertiary/aromatic N) is 1. The summed E-state index contributed by atoms with van der Waals surface area (Å²) in [6.07, 6.45) is 4.68. The Hall–Kier alpha value is -2.93. The third kappa shape index (κ3) is 6.79. The van der Waals surface area contributed by atoms with Gasteiger partial charge >= 0.3 is 0 Å². The highest BCUT2D eigenvalue weighted by Gasteiger charge is 2.22. The second-order valence-electron chi connectivity index (χ2n) is 8.26. The maximum Gasteiger partial charge on any atom is 0.227 e. The maximum absolute atomic E-state index is 12.2. The molecular formula is C27H40N2O5. The van der Waals surface area contributed by atoms with E-state index >= 15 is 0 Å². The molecule has 7 nitrogen and oxygen atoms in total. The fourth-order valence-corrected chi connectivity index (χ4v) is 4.04. The van der Waals surface area contributed by atoms with Gasteiger partial charge in [-0.1, -0.05) is 6.92 Å². The Morgan fingerprint density at radius 3 is 1.47 bits per heavy atom. The number of carbonyl (C=O) groups is 1. The second kappa shape index (κ2) is 13.7. The van der Waals surface area contributed by atoms with E-state index in [2.05, 4.69) is 24.4 Å². The van der Waals surface area contributed by atoms with Crippen molar-refractivity contribution in [2.75, 3.05) is 55.6 Å². The topological polar surface area (TPSA) is 69.3 Å². The molecule has 0 aromatic heterocycles. The first-order valence-corrected chi connectivity index (χ1v) is 11.8. The maximum atomic E-state index is 12.2. The molecule has 0 saturated heterocycles. The van der Waals surface area contributed by atoms with Gasteiger partial charge in [0.15, 0.2) is 23.0 Å². The molecule has 7 heteroatoms. The highest BCUT2D eigenvalue weighted by molar-refractivity contribution is 5.80. The summed E-state index contributed by atoms with van der Waals surface area (Å²) in [5.74, 6) is 3.32. The number of hydrogen-bond donors (Lipinski definition) is 1. The van der Waals surface area contributed by atoms with Crippen LogP contribution in [0.1, 0.15) is 35.6 Å². The van der Waals surface area contributed by atoms with Crippen molar-refractivity contribution in [1.82, 2.24) is 10.2 Å². The molecule has 1 aliphatic carbocycles. The number of nitrogens with one attached hydrogen (secondary N) is 1. The number of carbonyl (C=O) groups excluding carboxylic acids is 1. The average Bonchev–Trinajstić information content (AvgIpc) is 2.98. The van der Waals surface area contributed by atoms with Crippen LogP contribution < -0.4 is 24.3 Å². The summed E-state index contributed by atoms with van der Waals surface area (Å²) in [6, 6.07) is 8.06. The van der Waals surface area contributed by atoms with E-state index in [9.17, 15) is 4.79 Å². The summed E-state index contributed by atoms with van der Waals surface area (Å²) in [5, 5.41) is 2.75. The minimum Gasteiger partial charge on any atom is -0.493 e. The van der Waals surface area contributed by atoms with Crippen molar-refractivity contribution in [1.29, 1.82) is 0 Å². The minimum absolute atomic E-state index is 0.202. The average molecular weight is 473 g/mol. The van der Waals surface area contributed by atoms with E-state index in [1.165, 1.54) is 29.5 Å². The van der Waals surface area contributed by atoms with Gasteiger partial charge in [-0.05, 0) is 86.3 Å². The second-order valence-corrected chi connectivity index (χ2v) is 8.26. The highest BCUT2D eigenvalue weighted by Crippen LogP contribution is 2.35.